The first-order valence-electron chi connectivity index (χ1n) is 8.63. The van der Waals surface area contributed by atoms with Gasteiger partial charge >= 0.3 is 0 Å². The molecule has 21 heavy (non-hydrogen) atoms. The Hall–Kier alpha value is -1.06. The minimum Gasteiger partial charge on any atom is -0.550 e. The van der Waals surface area contributed by atoms with Gasteiger partial charge in [0.05, 0.1) is 0 Å². The van der Waals surface area contributed by atoms with Gasteiger partial charge in [-0.2, -0.15) is 0 Å². The van der Waals surface area contributed by atoms with Crippen LogP contribution < -0.4 is 10.4 Å². The smallest absolute Gasteiger partial charge is 0.220 e. The van der Waals surface area contributed by atoms with Crippen LogP contribution in [0.1, 0.15) is 90.4 Å². The molecule has 0 unspecified atom stereocenters. The molecule has 0 fully saturated rings. The standard InChI is InChI=1S/C17H33NO3/c1-2-3-4-5-6-7-8-9-10-11-15-18-16(19)13-12-14-17(20)21/h2-15H2,1H3,(H,18,19)(H,20,21)/p-1. The van der Waals surface area contributed by atoms with Gasteiger partial charge in [-0.05, 0) is 19.3 Å². The Bertz CT molecular complexity index is 267. The molecular weight excluding hydrogens is 266 g/mol. The third-order valence-corrected chi connectivity index (χ3v) is 3.64. The normalized spacial score (nSPS) is 10.5. The number of amides is 1. The maximum atomic E-state index is 11.4. The number of hydrogen-bond donors (Lipinski definition) is 1. The summed E-state index contributed by atoms with van der Waals surface area (Å²) in [5.74, 6) is -1.13. The fourth-order valence-electron chi connectivity index (χ4n) is 2.32. The average Bonchev–Trinajstić information content (AvgIpc) is 2.44. The van der Waals surface area contributed by atoms with Crippen LogP contribution in [0.15, 0.2) is 0 Å². The quantitative estimate of drug-likeness (QED) is 0.473. The SMILES string of the molecule is CCCCCCCCCCCCNC(=O)CCCC(=O)[O-]. The van der Waals surface area contributed by atoms with Gasteiger partial charge in [0.25, 0.3) is 0 Å². The van der Waals surface area contributed by atoms with E-state index in [9.17, 15) is 14.7 Å². The molecule has 124 valence electrons. The molecule has 4 heteroatoms. The number of hydrogen-bond acceptors (Lipinski definition) is 3. The Labute approximate surface area is 129 Å². The number of rotatable bonds is 15. The number of carbonyl (C=O) groups excluding carboxylic acids is 2. The van der Waals surface area contributed by atoms with Gasteiger partial charge in [0, 0.05) is 18.9 Å². The van der Waals surface area contributed by atoms with Crippen LogP contribution in [0.2, 0.25) is 0 Å². The zero-order valence-corrected chi connectivity index (χ0v) is 13.6. The molecule has 0 bridgehead atoms. The summed E-state index contributed by atoms with van der Waals surface area (Å²) in [5.41, 5.74) is 0. The molecule has 0 saturated heterocycles. The first-order valence-corrected chi connectivity index (χ1v) is 8.63. The topological polar surface area (TPSA) is 69.2 Å². The number of carboxylic acid groups (broad SMARTS) is 1. The summed E-state index contributed by atoms with van der Waals surface area (Å²) in [6.45, 7) is 2.95. The third kappa shape index (κ3) is 16.9. The Morgan fingerprint density at radius 3 is 1.81 bits per heavy atom. The number of carboxylic acids is 1. The van der Waals surface area contributed by atoms with Crippen molar-refractivity contribution in [3.8, 4) is 0 Å². The van der Waals surface area contributed by atoms with E-state index in [1.807, 2.05) is 0 Å². The summed E-state index contributed by atoms with van der Waals surface area (Å²) in [5, 5.41) is 13.0. The van der Waals surface area contributed by atoms with Gasteiger partial charge in [-0.1, -0.05) is 64.7 Å². The maximum absolute atomic E-state index is 11.4. The number of unbranched alkanes of at least 4 members (excludes halogenated alkanes) is 9. The van der Waals surface area contributed by atoms with E-state index in [0.29, 0.717) is 13.0 Å². The van der Waals surface area contributed by atoms with Crippen LogP contribution in [0.3, 0.4) is 0 Å². The van der Waals surface area contributed by atoms with E-state index in [1.54, 1.807) is 0 Å². The van der Waals surface area contributed by atoms with Gasteiger partial charge < -0.3 is 15.2 Å². The molecule has 0 atom stereocenters. The zero-order valence-electron chi connectivity index (χ0n) is 13.6. The van der Waals surface area contributed by atoms with E-state index >= 15 is 0 Å². The highest BCUT2D eigenvalue weighted by atomic mass is 16.4. The van der Waals surface area contributed by atoms with E-state index in [0.717, 1.165) is 12.8 Å². The minimum atomic E-state index is -1.09. The van der Waals surface area contributed by atoms with Crippen LogP contribution in [0.5, 0.6) is 0 Å². The highest BCUT2D eigenvalue weighted by molar-refractivity contribution is 5.76. The van der Waals surface area contributed by atoms with Crippen LogP contribution in [0, 0.1) is 0 Å². The number of nitrogens with one attached hydrogen (secondary N) is 1. The maximum Gasteiger partial charge on any atom is 0.220 e. The zero-order chi connectivity index (χ0) is 15.8. The second kappa shape index (κ2) is 15.3. The highest BCUT2D eigenvalue weighted by Crippen LogP contribution is 2.10. The van der Waals surface area contributed by atoms with Gasteiger partial charge in [0.15, 0.2) is 0 Å². The molecule has 1 N–H and O–H groups in total. The van der Waals surface area contributed by atoms with Gasteiger partial charge in [-0.3, -0.25) is 4.79 Å². The Kier molecular flexibility index (Phi) is 14.6. The molecule has 0 aromatic heterocycles. The van der Waals surface area contributed by atoms with Crippen molar-refractivity contribution >= 4 is 11.9 Å². The average molecular weight is 298 g/mol. The van der Waals surface area contributed by atoms with Gasteiger partial charge in [-0.15, -0.1) is 0 Å². The molecule has 0 aliphatic carbocycles. The lowest BCUT2D eigenvalue weighted by Crippen LogP contribution is -2.26. The summed E-state index contributed by atoms with van der Waals surface area (Å²) in [4.78, 5) is 21.6. The summed E-state index contributed by atoms with van der Waals surface area (Å²) in [6, 6.07) is 0. The van der Waals surface area contributed by atoms with Crippen molar-refractivity contribution in [2.75, 3.05) is 6.54 Å². The van der Waals surface area contributed by atoms with E-state index in [-0.39, 0.29) is 18.7 Å². The molecule has 1 amide bonds. The lowest BCUT2D eigenvalue weighted by Gasteiger charge is -2.06. The van der Waals surface area contributed by atoms with Crippen molar-refractivity contribution in [2.45, 2.75) is 90.4 Å². The van der Waals surface area contributed by atoms with Gasteiger partial charge in [0.2, 0.25) is 5.91 Å². The van der Waals surface area contributed by atoms with Crippen molar-refractivity contribution < 1.29 is 14.7 Å². The van der Waals surface area contributed by atoms with E-state index in [2.05, 4.69) is 12.2 Å². The van der Waals surface area contributed by atoms with Crippen LogP contribution in [-0.4, -0.2) is 18.4 Å². The summed E-state index contributed by atoms with van der Waals surface area (Å²) in [7, 11) is 0. The predicted octanol–water partition coefficient (Wildman–Crippen LogP) is 2.94. The molecule has 0 aromatic rings. The summed E-state index contributed by atoms with van der Waals surface area (Å²) >= 11 is 0. The highest BCUT2D eigenvalue weighted by Gasteiger charge is 2.00. The van der Waals surface area contributed by atoms with Crippen LogP contribution >= 0.6 is 0 Å². The first-order chi connectivity index (χ1) is 10.2. The van der Waals surface area contributed by atoms with Crippen molar-refractivity contribution in [3.63, 3.8) is 0 Å². The molecule has 0 rings (SSSR count). The predicted molar refractivity (Wildman–Crippen MR) is 83.7 cm³/mol. The van der Waals surface area contributed by atoms with Crippen molar-refractivity contribution in [2.24, 2.45) is 0 Å². The molecule has 0 saturated carbocycles. The lowest BCUT2D eigenvalue weighted by molar-refractivity contribution is -0.305. The molecule has 0 aromatic carbocycles. The fourth-order valence-corrected chi connectivity index (χ4v) is 2.32. The third-order valence-electron chi connectivity index (χ3n) is 3.64. The summed E-state index contributed by atoms with van der Waals surface area (Å²) in [6.07, 6.45) is 13.4. The van der Waals surface area contributed by atoms with Gasteiger partial charge in [-0.25, -0.2) is 0 Å². The van der Waals surface area contributed by atoms with E-state index < -0.39 is 5.97 Å². The van der Waals surface area contributed by atoms with E-state index in [4.69, 9.17) is 0 Å². The van der Waals surface area contributed by atoms with Crippen LogP contribution in [0.25, 0.3) is 0 Å². The fraction of sp³-hybridized carbons (Fsp3) is 0.882. The van der Waals surface area contributed by atoms with E-state index in [1.165, 1.54) is 51.4 Å². The Balaban J connectivity index is 3.14. The second-order valence-corrected chi connectivity index (χ2v) is 5.76. The van der Waals surface area contributed by atoms with Crippen LogP contribution in [-0.2, 0) is 9.59 Å². The molecular formula is C17H32NO3-. The Morgan fingerprint density at radius 2 is 1.29 bits per heavy atom. The molecule has 0 aliphatic rings. The molecule has 0 aliphatic heterocycles. The number of aliphatic carboxylic acids is 1. The molecule has 4 nitrogen and oxygen atoms in total. The van der Waals surface area contributed by atoms with Crippen molar-refractivity contribution in [3.05, 3.63) is 0 Å². The Morgan fingerprint density at radius 1 is 0.762 bits per heavy atom. The van der Waals surface area contributed by atoms with Gasteiger partial charge in [0.1, 0.15) is 0 Å². The van der Waals surface area contributed by atoms with Crippen molar-refractivity contribution in [1.29, 1.82) is 0 Å². The molecule has 0 heterocycles. The minimum absolute atomic E-state index is 0.0360. The van der Waals surface area contributed by atoms with Crippen LogP contribution in [0.4, 0.5) is 0 Å². The molecule has 0 radical (unpaired) electrons. The lowest BCUT2D eigenvalue weighted by atomic mass is 10.1. The monoisotopic (exact) mass is 298 g/mol. The molecule has 0 spiro atoms. The second-order valence-electron chi connectivity index (χ2n) is 5.76. The van der Waals surface area contributed by atoms with Crippen molar-refractivity contribution in [1.82, 2.24) is 5.32 Å². The number of carbonyl (C=O) groups is 2. The first kappa shape index (κ1) is 19.9. The summed E-state index contributed by atoms with van der Waals surface area (Å²) < 4.78 is 0. The largest absolute Gasteiger partial charge is 0.550 e.